The van der Waals surface area contributed by atoms with Crippen LogP contribution in [0.1, 0.15) is 31.7 Å². The van der Waals surface area contributed by atoms with Crippen molar-refractivity contribution in [2.45, 2.75) is 39.2 Å². The molecule has 1 amide bonds. The molecule has 1 aromatic carbocycles. The minimum absolute atomic E-state index is 0.0271. The predicted molar refractivity (Wildman–Crippen MR) is 88.5 cm³/mol. The molecule has 0 saturated carbocycles. The first kappa shape index (κ1) is 16.8. The van der Waals surface area contributed by atoms with Gasteiger partial charge in [0.15, 0.2) is 0 Å². The lowest BCUT2D eigenvalue weighted by molar-refractivity contribution is -0.116. The van der Waals surface area contributed by atoms with Crippen LogP contribution in [-0.4, -0.2) is 32.7 Å². The van der Waals surface area contributed by atoms with Gasteiger partial charge in [0.05, 0.1) is 11.4 Å². The van der Waals surface area contributed by atoms with E-state index in [1.54, 1.807) is 25.1 Å². The highest BCUT2D eigenvalue weighted by molar-refractivity contribution is 7.92. The summed E-state index contributed by atoms with van der Waals surface area (Å²) in [5.74, 6) is -0.0000409. The van der Waals surface area contributed by atoms with Gasteiger partial charge in [-0.2, -0.15) is 0 Å². The van der Waals surface area contributed by atoms with Crippen LogP contribution >= 0.6 is 0 Å². The van der Waals surface area contributed by atoms with Crippen molar-refractivity contribution in [1.29, 1.82) is 0 Å². The van der Waals surface area contributed by atoms with Crippen LogP contribution in [0.3, 0.4) is 0 Å². The van der Waals surface area contributed by atoms with Crippen LogP contribution in [-0.2, 0) is 14.8 Å². The monoisotopic (exact) mass is 325 g/mol. The van der Waals surface area contributed by atoms with E-state index < -0.39 is 10.0 Å². The van der Waals surface area contributed by atoms with Crippen molar-refractivity contribution in [3.8, 4) is 0 Å². The van der Waals surface area contributed by atoms with Gasteiger partial charge in [-0.25, -0.2) is 8.42 Å². The molecule has 0 aromatic heterocycles. The number of anilines is 2. The molecule has 1 saturated heterocycles. The number of amides is 1. The molecule has 0 radical (unpaired) electrons. The van der Waals surface area contributed by atoms with Gasteiger partial charge in [0.25, 0.3) is 0 Å². The Hall–Kier alpha value is -1.60. The molecule has 1 aromatic rings. The number of hydrogen-bond acceptors (Lipinski definition) is 4. The molecule has 1 atom stereocenters. The number of carbonyl (C=O) groups excluding carboxylic acids is 1. The van der Waals surface area contributed by atoms with Gasteiger partial charge in [-0.15, -0.1) is 0 Å². The highest BCUT2D eigenvalue weighted by Gasteiger charge is 2.17. The van der Waals surface area contributed by atoms with E-state index in [0.717, 1.165) is 24.9 Å². The van der Waals surface area contributed by atoms with Gasteiger partial charge in [-0.3, -0.25) is 9.52 Å². The second kappa shape index (κ2) is 7.11. The molecule has 3 N–H and O–H groups in total. The van der Waals surface area contributed by atoms with Gasteiger partial charge in [-0.05, 0) is 57.0 Å². The molecule has 1 aliphatic heterocycles. The Kier molecular flexibility index (Phi) is 5.42. The van der Waals surface area contributed by atoms with Crippen LogP contribution in [0.5, 0.6) is 0 Å². The van der Waals surface area contributed by atoms with E-state index in [0.29, 0.717) is 17.8 Å². The van der Waals surface area contributed by atoms with Crippen LogP contribution in [0.25, 0.3) is 0 Å². The summed E-state index contributed by atoms with van der Waals surface area (Å²) in [5, 5.41) is 6.15. The van der Waals surface area contributed by atoms with Gasteiger partial charge in [0, 0.05) is 18.2 Å². The third-order valence-corrected chi connectivity index (χ3v) is 5.04. The van der Waals surface area contributed by atoms with E-state index in [9.17, 15) is 13.2 Å². The van der Waals surface area contributed by atoms with Crippen LogP contribution in [0.15, 0.2) is 18.2 Å². The molecular formula is C15H23N3O3S. The fraction of sp³-hybridized carbons (Fsp3) is 0.533. The minimum atomic E-state index is -3.29. The molecule has 2 rings (SSSR count). The quantitative estimate of drug-likeness (QED) is 0.745. The SMILES string of the molecule is CCS(=O)(=O)Nc1ccc(NC(=O)CC2CCCN2)cc1C. The van der Waals surface area contributed by atoms with Crippen molar-refractivity contribution in [3.05, 3.63) is 23.8 Å². The molecule has 0 aliphatic carbocycles. The number of nitrogens with one attached hydrogen (secondary N) is 3. The van der Waals surface area contributed by atoms with Crippen LogP contribution in [0.4, 0.5) is 11.4 Å². The zero-order valence-corrected chi connectivity index (χ0v) is 13.8. The first-order chi connectivity index (χ1) is 10.4. The Morgan fingerprint density at radius 3 is 2.77 bits per heavy atom. The summed E-state index contributed by atoms with van der Waals surface area (Å²) in [5.41, 5.74) is 1.99. The highest BCUT2D eigenvalue weighted by atomic mass is 32.2. The third-order valence-electron chi connectivity index (χ3n) is 3.75. The summed E-state index contributed by atoms with van der Waals surface area (Å²) in [4.78, 5) is 12.0. The molecule has 0 bridgehead atoms. The van der Waals surface area contributed by atoms with Crippen LogP contribution in [0, 0.1) is 6.92 Å². The van der Waals surface area contributed by atoms with Crippen molar-refractivity contribution >= 4 is 27.3 Å². The normalized spacial score (nSPS) is 18.2. The molecule has 1 heterocycles. The van der Waals surface area contributed by atoms with Gasteiger partial charge in [-0.1, -0.05) is 0 Å². The van der Waals surface area contributed by atoms with Gasteiger partial charge < -0.3 is 10.6 Å². The summed E-state index contributed by atoms with van der Waals surface area (Å²) < 4.78 is 25.7. The zero-order chi connectivity index (χ0) is 16.2. The van der Waals surface area contributed by atoms with Crippen LogP contribution in [0.2, 0.25) is 0 Å². The summed E-state index contributed by atoms with van der Waals surface area (Å²) in [6.45, 7) is 4.37. The summed E-state index contributed by atoms with van der Waals surface area (Å²) in [6, 6.07) is 5.41. The molecule has 6 nitrogen and oxygen atoms in total. The van der Waals surface area contributed by atoms with E-state index in [2.05, 4.69) is 15.4 Å². The average molecular weight is 325 g/mol. The van der Waals surface area contributed by atoms with Crippen molar-refractivity contribution in [3.63, 3.8) is 0 Å². The number of benzene rings is 1. The number of sulfonamides is 1. The molecule has 7 heteroatoms. The Balaban J connectivity index is 1.98. The van der Waals surface area contributed by atoms with E-state index >= 15 is 0 Å². The fourth-order valence-electron chi connectivity index (χ4n) is 2.46. The van der Waals surface area contributed by atoms with E-state index in [-0.39, 0.29) is 17.7 Å². The zero-order valence-electron chi connectivity index (χ0n) is 13.0. The van der Waals surface area contributed by atoms with Crippen molar-refractivity contribution in [2.75, 3.05) is 22.3 Å². The van der Waals surface area contributed by atoms with Crippen molar-refractivity contribution < 1.29 is 13.2 Å². The van der Waals surface area contributed by atoms with Crippen molar-refractivity contribution in [2.24, 2.45) is 0 Å². The second-order valence-corrected chi connectivity index (χ2v) is 7.59. The van der Waals surface area contributed by atoms with Crippen molar-refractivity contribution in [1.82, 2.24) is 5.32 Å². The lowest BCUT2D eigenvalue weighted by Crippen LogP contribution is -2.27. The molecule has 1 unspecified atom stereocenters. The van der Waals surface area contributed by atoms with Gasteiger partial charge in [0.1, 0.15) is 0 Å². The lowest BCUT2D eigenvalue weighted by atomic mass is 10.1. The third kappa shape index (κ3) is 4.71. The maximum Gasteiger partial charge on any atom is 0.232 e. The molecule has 22 heavy (non-hydrogen) atoms. The van der Waals surface area contributed by atoms with E-state index in [1.807, 2.05) is 6.92 Å². The largest absolute Gasteiger partial charge is 0.326 e. The van der Waals surface area contributed by atoms with E-state index in [4.69, 9.17) is 0 Å². The Labute approximate surface area is 131 Å². The smallest absolute Gasteiger partial charge is 0.232 e. The topological polar surface area (TPSA) is 87.3 Å². The van der Waals surface area contributed by atoms with Gasteiger partial charge >= 0.3 is 0 Å². The number of hydrogen-bond donors (Lipinski definition) is 3. The standard InChI is InChI=1S/C15H23N3O3S/c1-3-22(20,21)18-14-7-6-13(9-11(14)2)17-15(19)10-12-5-4-8-16-12/h6-7,9,12,16,18H,3-5,8,10H2,1-2H3,(H,17,19). The lowest BCUT2D eigenvalue weighted by Gasteiger charge is -2.13. The second-order valence-electron chi connectivity index (χ2n) is 5.58. The first-order valence-corrected chi connectivity index (χ1v) is 9.19. The van der Waals surface area contributed by atoms with Crippen LogP contribution < -0.4 is 15.4 Å². The Bertz CT molecular complexity index is 637. The summed E-state index contributed by atoms with van der Waals surface area (Å²) in [6.07, 6.45) is 2.61. The van der Waals surface area contributed by atoms with Gasteiger partial charge in [0.2, 0.25) is 15.9 Å². The Morgan fingerprint density at radius 1 is 1.41 bits per heavy atom. The number of carbonyl (C=O) groups is 1. The summed E-state index contributed by atoms with van der Waals surface area (Å²) >= 11 is 0. The Morgan fingerprint density at radius 2 is 2.18 bits per heavy atom. The molecule has 1 fully saturated rings. The average Bonchev–Trinajstić information content (AvgIpc) is 2.94. The molecule has 1 aliphatic rings. The maximum atomic E-state index is 12.0. The number of aryl methyl sites for hydroxylation is 1. The predicted octanol–water partition coefficient (Wildman–Crippen LogP) is 1.84. The maximum absolute atomic E-state index is 12.0. The summed E-state index contributed by atoms with van der Waals surface area (Å²) in [7, 11) is -3.29. The fourth-order valence-corrected chi connectivity index (χ4v) is 3.17. The van der Waals surface area contributed by atoms with E-state index in [1.165, 1.54) is 0 Å². The molecule has 0 spiro atoms. The minimum Gasteiger partial charge on any atom is -0.326 e. The molecule has 122 valence electrons. The number of rotatable bonds is 6. The first-order valence-electron chi connectivity index (χ1n) is 7.54. The highest BCUT2D eigenvalue weighted by Crippen LogP contribution is 2.21. The molecular weight excluding hydrogens is 302 g/mol.